The van der Waals surface area contributed by atoms with Crippen LogP contribution in [-0.2, 0) is 0 Å². The number of alkyl halides is 3. The van der Waals surface area contributed by atoms with Crippen LogP contribution in [0.2, 0.25) is 0 Å². The van der Waals surface area contributed by atoms with Crippen LogP contribution in [0.15, 0.2) is 0 Å². The Kier molecular flexibility index (Phi) is 5.21. The molecule has 124 valence electrons. The molecule has 3 unspecified atom stereocenters. The number of piperazine rings is 1. The molecule has 0 bridgehead atoms. The van der Waals surface area contributed by atoms with Crippen molar-refractivity contribution in [3.8, 4) is 0 Å². The van der Waals surface area contributed by atoms with Crippen molar-refractivity contribution in [3.63, 3.8) is 0 Å². The second kappa shape index (κ2) is 6.42. The van der Waals surface area contributed by atoms with E-state index in [-0.39, 0.29) is 5.54 Å². The lowest BCUT2D eigenvalue weighted by atomic mass is 9.67. The minimum Gasteiger partial charge on any atom is -0.329 e. The minimum atomic E-state index is -4.10. The summed E-state index contributed by atoms with van der Waals surface area (Å²) in [6.07, 6.45) is -0.614. The minimum absolute atomic E-state index is 0.0119. The monoisotopic (exact) mass is 307 g/mol. The molecule has 1 aliphatic heterocycles. The summed E-state index contributed by atoms with van der Waals surface area (Å²) in [6.45, 7) is 6.73. The smallest absolute Gasteiger partial charge is 0.329 e. The number of nitrogens with two attached hydrogens (primary N) is 1. The Hall–Kier alpha value is -0.330. The van der Waals surface area contributed by atoms with Gasteiger partial charge in [0.15, 0.2) is 0 Å². The van der Waals surface area contributed by atoms with Crippen LogP contribution in [0.3, 0.4) is 0 Å². The van der Waals surface area contributed by atoms with E-state index in [2.05, 4.69) is 18.7 Å². The molecule has 0 aromatic rings. The molecule has 6 heteroatoms. The summed E-state index contributed by atoms with van der Waals surface area (Å²) < 4.78 is 37.4. The van der Waals surface area contributed by atoms with Crippen molar-refractivity contribution in [2.75, 3.05) is 39.3 Å². The van der Waals surface area contributed by atoms with Crippen molar-refractivity contribution in [2.45, 2.75) is 44.8 Å². The SMILES string of the molecule is CC1CCCC(CN)(N2CCN(CC(F)(F)F)CC2)C1C. The maximum absolute atomic E-state index is 12.5. The van der Waals surface area contributed by atoms with Crippen molar-refractivity contribution in [2.24, 2.45) is 17.6 Å². The molecule has 2 fully saturated rings. The number of rotatable bonds is 3. The molecular formula is C15H28F3N3. The third kappa shape index (κ3) is 3.71. The van der Waals surface area contributed by atoms with Gasteiger partial charge in [-0.1, -0.05) is 26.7 Å². The first-order valence-electron chi connectivity index (χ1n) is 8.03. The third-order valence-corrected chi connectivity index (χ3v) is 5.73. The normalized spacial score (nSPS) is 36.9. The first kappa shape index (κ1) is 17.0. The van der Waals surface area contributed by atoms with Gasteiger partial charge in [-0.05, 0) is 18.3 Å². The fourth-order valence-electron chi connectivity index (χ4n) is 4.21. The van der Waals surface area contributed by atoms with Crippen LogP contribution in [0, 0.1) is 11.8 Å². The van der Waals surface area contributed by atoms with Crippen LogP contribution in [0.25, 0.3) is 0 Å². The average Bonchev–Trinajstić information content (AvgIpc) is 2.41. The molecule has 21 heavy (non-hydrogen) atoms. The van der Waals surface area contributed by atoms with Crippen molar-refractivity contribution in [1.82, 2.24) is 9.80 Å². The molecular weight excluding hydrogens is 279 g/mol. The molecule has 0 radical (unpaired) electrons. The van der Waals surface area contributed by atoms with E-state index < -0.39 is 12.7 Å². The zero-order valence-electron chi connectivity index (χ0n) is 13.1. The molecule has 2 aliphatic rings. The van der Waals surface area contributed by atoms with Crippen molar-refractivity contribution >= 4 is 0 Å². The van der Waals surface area contributed by atoms with E-state index in [1.807, 2.05) is 0 Å². The maximum atomic E-state index is 12.5. The average molecular weight is 307 g/mol. The van der Waals surface area contributed by atoms with E-state index in [9.17, 15) is 13.2 Å². The van der Waals surface area contributed by atoms with Crippen LogP contribution >= 0.6 is 0 Å². The lowest BCUT2D eigenvalue weighted by Crippen LogP contribution is -2.65. The number of halogens is 3. The Morgan fingerprint density at radius 1 is 1.14 bits per heavy atom. The van der Waals surface area contributed by atoms with Gasteiger partial charge in [-0.3, -0.25) is 9.80 Å². The molecule has 0 spiro atoms. The molecule has 1 saturated carbocycles. The largest absolute Gasteiger partial charge is 0.401 e. The molecule has 2 rings (SSSR count). The Labute approximate surface area is 125 Å². The van der Waals surface area contributed by atoms with E-state index in [0.717, 1.165) is 6.42 Å². The highest BCUT2D eigenvalue weighted by Crippen LogP contribution is 2.41. The highest BCUT2D eigenvalue weighted by molar-refractivity contribution is 5.01. The summed E-state index contributed by atoms with van der Waals surface area (Å²) in [4.78, 5) is 3.89. The van der Waals surface area contributed by atoms with Gasteiger partial charge in [0, 0.05) is 38.3 Å². The van der Waals surface area contributed by atoms with E-state index in [0.29, 0.717) is 44.6 Å². The topological polar surface area (TPSA) is 32.5 Å². The third-order valence-electron chi connectivity index (χ3n) is 5.73. The number of hydrogen-bond donors (Lipinski definition) is 1. The van der Waals surface area contributed by atoms with Gasteiger partial charge < -0.3 is 5.73 Å². The second-order valence-electron chi connectivity index (χ2n) is 6.84. The highest BCUT2D eigenvalue weighted by atomic mass is 19.4. The molecule has 3 atom stereocenters. The van der Waals surface area contributed by atoms with Crippen molar-refractivity contribution in [3.05, 3.63) is 0 Å². The predicted molar refractivity (Wildman–Crippen MR) is 78.0 cm³/mol. The number of hydrogen-bond acceptors (Lipinski definition) is 3. The molecule has 1 saturated heterocycles. The molecule has 0 aromatic carbocycles. The van der Waals surface area contributed by atoms with Gasteiger partial charge in [-0.15, -0.1) is 0 Å². The van der Waals surface area contributed by atoms with Crippen LogP contribution < -0.4 is 5.73 Å². The fourth-order valence-corrected chi connectivity index (χ4v) is 4.21. The van der Waals surface area contributed by atoms with Crippen LogP contribution in [0.1, 0.15) is 33.1 Å². The van der Waals surface area contributed by atoms with Gasteiger partial charge in [0.2, 0.25) is 0 Å². The molecule has 3 nitrogen and oxygen atoms in total. The van der Waals surface area contributed by atoms with Crippen LogP contribution in [-0.4, -0.2) is 60.8 Å². The lowest BCUT2D eigenvalue weighted by molar-refractivity contribution is -0.152. The first-order valence-corrected chi connectivity index (χ1v) is 8.03. The van der Waals surface area contributed by atoms with Crippen molar-refractivity contribution < 1.29 is 13.2 Å². The van der Waals surface area contributed by atoms with E-state index in [1.54, 1.807) is 0 Å². The predicted octanol–water partition coefficient (Wildman–Crippen LogP) is 2.32. The summed E-state index contributed by atoms with van der Waals surface area (Å²) in [7, 11) is 0. The van der Waals surface area contributed by atoms with E-state index in [4.69, 9.17) is 5.73 Å². The summed E-state index contributed by atoms with van der Waals surface area (Å²) in [5, 5.41) is 0. The molecule has 1 aliphatic carbocycles. The Morgan fingerprint density at radius 2 is 1.76 bits per heavy atom. The van der Waals surface area contributed by atoms with Crippen molar-refractivity contribution in [1.29, 1.82) is 0 Å². The van der Waals surface area contributed by atoms with Crippen LogP contribution in [0.5, 0.6) is 0 Å². The molecule has 0 amide bonds. The van der Waals surface area contributed by atoms with Gasteiger partial charge in [-0.2, -0.15) is 13.2 Å². The maximum Gasteiger partial charge on any atom is 0.401 e. The van der Waals surface area contributed by atoms with E-state index >= 15 is 0 Å². The Balaban J connectivity index is 1.99. The molecule has 1 heterocycles. The first-order chi connectivity index (χ1) is 9.78. The van der Waals surface area contributed by atoms with Gasteiger partial charge in [0.1, 0.15) is 0 Å². The van der Waals surface area contributed by atoms with Gasteiger partial charge in [-0.25, -0.2) is 0 Å². The van der Waals surface area contributed by atoms with Gasteiger partial charge >= 0.3 is 6.18 Å². The molecule has 2 N–H and O–H groups in total. The second-order valence-corrected chi connectivity index (χ2v) is 6.84. The van der Waals surface area contributed by atoms with Gasteiger partial charge in [0.05, 0.1) is 6.54 Å². The zero-order chi connectivity index (χ0) is 15.7. The standard InChI is InChI=1S/C15H28F3N3/c1-12-4-3-5-14(10-19,13(12)2)21-8-6-20(7-9-21)11-15(16,17)18/h12-13H,3-11,19H2,1-2H3. The molecule has 0 aromatic heterocycles. The fraction of sp³-hybridized carbons (Fsp3) is 1.00. The lowest BCUT2D eigenvalue weighted by Gasteiger charge is -2.54. The van der Waals surface area contributed by atoms with Gasteiger partial charge in [0.25, 0.3) is 0 Å². The summed E-state index contributed by atoms with van der Waals surface area (Å²) in [6, 6.07) is 0. The highest BCUT2D eigenvalue weighted by Gasteiger charge is 2.46. The Morgan fingerprint density at radius 3 is 2.29 bits per heavy atom. The quantitative estimate of drug-likeness (QED) is 0.868. The summed E-state index contributed by atoms with van der Waals surface area (Å²) >= 11 is 0. The summed E-state index contributed by atoms with van der Waals surface area (Å²) in [5.74, 6) is 1.14. The zero-order valence-corrected chi connectivity index (χ0v) is 13.1. The summed E-state index contributed by atoms with van der Waals surface area (Å²) in [5.41, 5.74) is 6.11. The number of nitrogens with zero attached hydrogens (tertiary/aromatic N) is 2. The van der Waals surface area contributed by atoms with Crippen LogP contribution in [0.4, 0.5) is 13.2 Å². The van der Waals surface area contributed by atoms with E-state index in [1.165, 1.54) is 17.7 Å². The Bertz CT molecular complexity index is 340.